The van der Waals surface area contributed by atoms with Crippen molar-refractivity contribution in [2.45, 2.75) is 40.2 Å². The standard InChI is InChI=1S/C10H22N2O/c1-8(13)7-9(10(2,3)4)11-12(5)6/h8,13H,7H2,1-6H3/b11-9-. The number of hydrogen-bond acceptors (Lipinski definition) is 3. The highest BCUT2D eigenvalue weighted by Crippen LogP contribution is 2.19. The van der Waals surface area contributed by atoms with Crippen molar-refractivity contribution in [2.24, 2.45) is 10.5 Å². The van der Waals surface area contributed by atoms with Gasteiger partial charge in [0, 0.05) is 31.6 Å². The molecule has 0 fully saturated rings. The summed E-state index contributed by atoms with van der Waals surface area (Å²) in [5.41, 5.74) is 1.06. The van der Waals surface area contributed by atoms with Crippen LogP contribution in [-0.4, -0.2) is 36.0 Å². The summed E-state index contributed by atoms with van der Waals surface area (Å²) in [6, 6.07) is 0. The van der Waals surface area contributed by atoms with Gasteiger partial charge in [-0.15, -0.1) is 0 Å². The van der Waals surface area contributed by atoms with Gasteiger partial charge in [0.2, 0.25) is 0 Å². The molecule has 0 aromatic carbocycles. The molecule has 0 aromatic heterocycles. The molecule has 3 nitrogen and oxygen atoms in total. The SMILES string of the molecule is CC(O)C/C(=N/N(C)C)C(C)(C)C. The Morgan fingerprint density at radius 2 is 1.85 bits per heavy atom. The van der Waals surface area contributed by atoms with Gasteiger partial charge >= 0.3 is 0 Å². The Balaban J connectivity index is 4.57. The number of nitrogens with zero attached hydrogens (tertiary/aromatic N) is 2. The smallest absolute Gasteiger partial charge is 0.0565 e. The van der Waals surface area contributed by atoms with Gasteiger partial charge in [0.1, 0.15) is 0 Å². The summed E-state index contributed by atoms with van der Waals surface area (Å²) in [7, 11) is 3.79. The summed E-state index contributed by atoms with van der Waals surface area (Å²) in [6.45, 7) is 8.12. The van der Waals surface area contributed by atoms with Crippen LogP contribution in [0, 0.1) is 5.41 Å². The lowest BCUT2D eigenvalue weighted by Crippen LogP contribution is -2.26. The fourth-order valence-corrected chi connectivity index (χ4v) is 1.02. The summed E-state index contributed by atoms with van der Waals surface area (Å²) >= 11 is 0. The zero-order valence-corrected chi connectivity index (χ0v) is 9.63. The highest BCUT2D eigenvalue weighted by molar-refractivity contribution is 5.89. The lowest BCUT2D eigenvalue weighted by atomic mass is 9.87. The fraction of sp³-hybridized carbons (Fsp3) is 0.900. The number of hydrazone groups is 1. The zero-order valence-electron chi connectivity index (χ0n) is 9.63. The van der Waals surface area contributed by atoms with E-state index in [-0.39, 0.29) is 11.5 Å². The topological polar surface area (TPSA) is 35.8 Å². The van der Waals surface area contributed by atoms with Gasteiger partial charge in [0.05, 0.1) is 6.10 Å². The molecule has 1 N–H and O–H groups in total. The average Bonchev–Trinajstić information content (AvgIpc) is 1.81. The molecule has 0 aliphatic rings. The van der Waals surface area contributed by atoms with E-state index < -0.39 is 0 Å². The molecule has 1 unspecified atom stereocenters. The first kappa shape index (κ1) is 12.4. The highest BCUT2D eigenvalue weighted by Gasteiger charge is 2.20. The van der Waals surface area contributed by atoms with E-state index in [1.165, 1.54) is 0 Å². The van der Waals surface area contributed by atoms with E-state index in [1.54, 1.807) is 11.9 Å². The second-order valence-corrected chi connectivity index (χ2v) is 4.70. The van der Waals surface area contributed by atoms with Gasteiger partial charge in [-0.25, -0.2) is 0 Å². The number of rotatable bonds is 3. The van der Waals surface area contributed by atoms with Crippen LogP contribution in [0.3, 0.4) is 0 Å². The monoisotopic (exact) mass is 186 g/mol. The van der Waals surface area contributed by atoms with Gasteiger partial charge in [-0.2, -0.15) is 5.10 Å². The minimum absolute atomic E-state index is 0.0290. The van der Waals surface area contributed by atoms with Gasteiger partial charge < -0.3 is 10.1 Å². The summed E-state index contributed by atoms with van der Waals surface area (Å²) < 4.78 is 0. The first-order valence-electron chi connectivity index (χ1n) is 4.67. The van der Waals surface area contributed by atoms with E-state index in [4.69, 9.17) is 0 Å². The summed E-state index contributed by atoms with van der Waals surface area (Å²) in [4.78, 5) is 0. The molecule has 0 heterocycles. The maximum absolute atomic E-state index is 9.30. The maximum atomic E-state index is 9.30. The second-order valence-electron chi connectivity index (χ2n) is 4.70. The second kappa shape index (κ2) is 4.61. The van der Waals surface area contributed by atoms with Gasteiger partial charge in [-0.1, -0.05) is 20.8 Å². The molecule has 13 heavy (non-hydrogen) atoms. The first-order chi connectivity index (χ1) is 5.73. The quantitative estimate of drug-likeness (QED) is 0.538. The zero-order chi connectivity index (χ0) is 10.6. The Morgan fingerprint density at radius 1 is 1.38 bits per heavy atom. The van der Waals surface area contributed by atoms with E-state index in [9.17, 15) is 5.11 Å². The third-order valence-electron chi connectivity index (χ3n) is 1.68. The maximum Gasteiger partial charge on any atom is 0.0565 e. The van der Waals surface area contributed by atoms with Crippen LogP contribution >= 0.6 is 0 Å². The van der Waals surface area contributed by atoms with Crippen molar-refractivity contribution in [3.05, 3.63) is 0 Å². The summed E-state index contributed by atoms with van der Waals surface area (Å²) in [5, 5.41) is 15.5. The van der Waals surface area contributed by atoms with Gasteiger partial charge in [-0.3, -0.25) is 0 Å². The molecule has 0 saturated heterocycles. The molecule has 0 bridgehead atoms. The predicted octanol–water partition coefficient (Wildman–Crippen LogP) is 1.72. The van der Waals surface area contributed by atoms with Crippen molar-refractivity contribution >= 4 is 5.71 Å². The van der Waals surface area contributed by atoms with Crippen LogP contribution in [0.15, 0.2) is 5.10 Å². The highest BCUT2D eigenvalue weighted by atomic mass is 16.3. The largest absolute Gasteiger partial charge is 0.393 e. The molecule has 0 saturated carbocycles. The molecule has 1 atom stereocenters. The van der Waals surface area contributed by atoms with Crippen LogP contribution in [0.1, 0.15) is 34.1 Å². The van der Waals surface area contributed by atoms with E-state index in [2.05, 4.69) is 25.9 Å². The van der Waals surface area contributed by atoms with Crippen molar-refractivity contribution in [3.8, 4) is 0 Å². The van der Waals surface area contributed by atoms with Crippen molar-refractivity contribution in [2.75, 3.05) is 14.1 Å². The number of aliphatic hydroxyl groups is 1. The van der Waals surface area contributed by atoms with Crippen LogP contribution in [0.25, 0.3) is 0 Å². The number of aliphatic hydroxyl groups excluding tert-OH is 1. The Bertz CT molecular complexity index is 178. The van der Waals surface area contributed by atoms with Crippen LogP contribution in [0.5, 0.6) is 0 Å². The van der Waals surface area contributed by atoms with E-state index in [0.717, 1.165) is 5.71 Å². The van der Waals surface area contributed by atoms with Crippen LogP contribution in [-0.2, 0) is 0 Å². The van der Waals surface area contributed by atoms with Crippen LogP contribution in [0.4, 0.5) is 0 Å². The Hall–Kier alpha value is -0.570. The van der Waals surface area contributed by atoms with Crippen molar-refractivity contribution in [1.82, 2.24) is 5.01 Å². The predicted molar refractivity (Wildman–Crippen MR) is 56.9 cm³/mol. The molecule has 0 aliphatic carbocycles. The van der Waals surface area contributed by atoms with Gasteiger partial charge in [0.15, 0.2) is 0 Å². The third-order valence-corrected chi connectivity index (χ3v) is 1.68. The van der Waals surface area contributed by atoms with E-state index >= 15 is 0 Å². The first-order valence-corrected chi connectivity index (χ1v) is 4.67. The number of hydrogen-bond donors (Lipinski definition) is 1. The van der Waals surface area contributed by atoms with Crippen molar-refractivity contribution in [1.29, 1.82) is 0 Å². The minimum atomic E-state index is -0.321. The molecule has 3 heteroatoms. The fourth-order valence-electron chi connectivity index (χ4n) is 1.02. The van der Waals surface area contributed by atoms with Gasteiger partial charge in [0.25, 0.3) is 0 Å². The third kappa shape index (κ3) is 5.64. The Kier molecular flexibility index (Phi) is 4.40. The molecular formula is C10H22N2O. The van der Waals surface area contributed by atoms with E-state index in [0.29, 0.717) is 6.42 Å². The molecule has 0 aliphatic heterocycles. The van der Waals surface area contributed by atoms with Crippen LogP contribution in [0.2, 0.25) is 0 Å². The van der Waals surface area contributed by atoms with Gasteiger partial charge in [-0.05, 0) is 6.92 Å². The van der Waals surface area contributed by atoms with Crippen molar-refractivity contribution < 1.29 is 5.11 Å². The normalized spacial score (nSPS) is 15.8. The molecule has 0 aromatic rings. The molecule has 78 valence electrons. The average molecular weight is 186 g/mol. The lowest BCUT2D eigenvalue weighted by molar-refractivity contribution is 0.199. The molecule has 0 amide bonds. The minimum Gasteiger partial charge on any atom is -0.393 e. The Morgan fingerprint density at radius 3 is 2.08 bits per heavy atom. The van der Waals surface area contributed by atoms with Crippen LogP contribution < -0.4 is 0 Å². The van der Waals surface area contributed by atoms with Crippen molar-refractivity contribution in [3.63, 3.8) is 0 Å². The lowest BCUT2D eigenvalue weighted by Gasteiger charge is -2.24. The molecule has 0 spiro atoms. The summed E-state index contributed by atoms with van der Waals surface area (Å²) in [5.74, 6) is 0. The molecule has 0 radical (unpaired) electrons. The molecule has 0 rings (SSSR count). The van der Waals surface area contributed by atoms with E-state index in [1.807, 2.05) is 14.1 Å². The Labute approximate surface area is 81.4 Å². The molecular weight excluding hydrogens is 164 g/mol. The summed E-state index contributed by atoms with van der Waals surface area (Å²) in [6.07, 6.45) is 0.319.